The standard InChI is InChI=1S/C18H31N2OP/c1-18-12-7-6-8-14(18)15(18)11-13-22(21)19(2)16-9-4-5-10-17(16)20(22)3/h11,13-17H,4-10,12H2,1-3H3/b13-11+/t14-,15+,16?,17?,18-,22?/m0/s1. The summed E-state index contributed by atoms with van der Waals surface area (Å²) in [6.45, 7) is 2.45. The van der Waals surface area contributed by atoms with E-state index in [-0.39, 0.29) is 0 Å². The van der Waals surface area contributed by atoms with Gasteiger partial charge in [0.05, 0.1) is 17.9 Å². The van der Waals surface area contributed by atoms with E-state index in [2.05, 4.69) is 42.3 Å². The van der Waals surface area contributed by atoms with Crippen molar-refractivity contribution in [1.29, 1.82) is 0 Å². The van der Waals surface area contributed by atoms with Crippen LogP contribution in [0.15, 0.2) is 11.9 Å². The molecule has 22 heavy (non-hydrogen) atoms. The number of fused-ring (bicyclic) bond motifs is 2. The van der Waals surface area contributed by atoms with E-state index >= 15 is 0 Å². The van der Waals surface area contributed by atoms with Crippen molar-refractivity contribution in [2.24, 2.45) is 17.3 Å². The van der Waals surface area contributed by atoms with Gasteiger partial charge in [-0.3, -0.25) is 0 Å². The van der Waals surface area contributed by atoms with Crippen molar-refractivity contribution in [3.05, 3.63) is 11.9 Å². The molecular weight excluding hydrogens is 291 g/mol. The molecule has 4 fully saturated rings. The van der Waals surface area contributed by atoms with E-state index in [1.165, 1.54) is 51.4 Å². The summed E-state index contributed by atoms with van der Waals surface area (Å²) in [5, 5.41) is 0. The number of nitrogens with zero attached hydrogens (tertiary/aromatic N) is 2. The van der Waals surface area contributed by atoms with Gasteiger partial charge in [0.1, 0.15) is 7.79 Å². The van der Waals surface area contributed by atoms with Gasteiger partial charge in [-0.2, -0.15) is 9.34 Å². The van der Waals surface area contributed by atoms with Gasteiger partial charge in [0, 0.05) is 14.1 Å². The first-order valence-electron chi connectivity index (χ1n) is 9.24. The predicted molar refractivity (Wildman–Crippen MR) is 91.2 cm³/mol. The molecule has 0 radical (unpaired) electrons. The average Bonchev–Trinajstić information content (AvgIpc) is 3.09. The van der Waals surface area contributed by atoms with E-state index in [4.69, 9.17) is 0 Å². The Morgan fingerprint density at radius 3 is 2.14 bits per heavy atom. The minimum Gasteiger partial charge on any atom is -0.647 e. The number of likely N-dealkylation sites (N-methyl/N-ethyl adjacent to an activating group) is 2. The lowest BCUT2D eigenvalue weighted by Gasteiger charge is -2.34. The van der Waals surface area contributed by atoms with Gasteiger partial charge in [-0.05, 0) is 49.0 Å². The van der Waals surface area contributed by atoms with Gasteiger partial charge < -0.3 is 4.89 Å². The molecule has 1 heterocycles. The molecule has 0 amide bonds. The highest BCUT2D eigenvalue weighted by Crippen LogP contribution is 2.70. The quantitative estimate of drug-likeness (QED) is 0.727. The minimum absolute atomic E-state index is 0.506. The Morgan fingerprint density at radius 1 is 1.00 bits per heavy atom. The molecule has 4 aliphatic rings. The SMILES string of the molecule is CN1C2CCCCC2N(C)[P+]1([O-])/C=C/[C@@H]1[C@@H]2CCCC[C@]12C. The summed E-state index contributed by atoms with van der Waals surface area (Å²) in [5.41, 5.74) is 0.525. The first kappa shape index (κ1) is 15.6. The smallest absolute Gasteiger partial charge is 0.133 e. The highest BCUT2D eigenvalue weighted by atomic mass is 31.2. The molecule has 3 nitrogen and oxygen atoms in total. The molecule has 0 spiro atoms. The third kappa shape index (κ3) is 2.09. The molecule has 0 N–H and O–H groups in total. The summed E-state index contributed by atoms with van der Waals surface area (Å²) in [6.07, 6.45) is 12.9. The maximum Gasteiger partial charge on any atom is 0.133 e. The third-order valence-corrected chi connectivity index (χ3v) is 10.4. The number of hydrogen-bond acceptors (Lipinski definition) is 3. The van der Waals surface area contributed by atoms with Gasteiger partial charge in [-0.15, -0.1) is 0 Å². The van der Waals surface area contributed by atoms with E-state index < -0.39 is 7.79 Å². The second-order valence-corrected chi connectivity index (χ2v) is 11.1. The molecule has 0 aromatic carbocycles. The van der Waals surface area contributed by atoms with Crippen LogP contribution in [0.3, 0.4) is 0 Å². The van der Waals surface area contributed by atoms with Crippen molar-refractivity contribution in [3.63, 3.8) is 0 Å². The molecule has 0 aromatic heterocycles. The van der Waals surface area contributed by atoms with Gasteiger partial charge in [0.2, 0.25) is 0 Å². The molecule has 5 atom stereocenters. The Kier molecular flexibility index (Phi) is 3.73. The number of hydrogen-bond donors (Lipinski definition) is 0. The van der Waals surface area contributed by atoms with Crippen molar-refractivity contribution in [2.45, 2.75) is 70.4 Å². The van der Waals surface area contributed by atoms with Crippen LogP contribution in [0, 0.1) is 17.3 Å². The fourth-order valence-electron chi connectivity index (χ4n) is 5.81. The molecule has 4 heteroatoms. The zero-order valence-electron chi connectivity index (χ0n) is 14.4. The first-order valence-corrected chi connectivity index (χ1v) is 10.9. The normalized spacial score (nSPS) is 52.7. The van der Waals surface area contributed by atoms with Gasteiger partial charge in [0.25, 0.3) is 0 Å². The highest BCUT2D eigenvalue weighted by molar-refractivity contribution is 7.67. The topological polar surface area (TPSA) is 29.5 Å². The van der Waals surface area contributed by atoms with Crippen molar-refractivity contribution in [2.75, 3.05) is 14.1 Å². The van der Waals surface area contributed by atoms with Crippen LogP contribution < -0.4 is 4.89 Å². The molecular formula is C18H31N2OP. The van der Waals surface area contributed by atoms with Crippen LogP contribution in [0.25, 0.3) is 0 Å². The summed E-state index contributed by atoms with van der Waals surface area (Å²) in [7, 11) is 1.72. The Labute approximate surface area is 136 Å². The van der Waals surface area contributed by atoms with Crippen LogP contribution in [0.4, 0.5) is 0 Å². The van der Waals surface area contributed by atoms with Crippen molar-refractivity contribution in [1.82, 2.24) is 9.34 Å². The molecule has 124 valence electrons. The largest absolute Gasteiger partial charge is 0.647 e. The first-order chi connectivity index (χ1) is 10.5. The zero-order valence-corrected chi connectivity index (χ0v) is 15.3. The lowest BCUT2D eigenvalue weighted by molar-refractivity contribution is -0.185. The molecule has 0 bridgehead atoms. The lowest BCUT2D eigenvalue weighted by Crippen LogP contribution is -2.37. The monoisotopic (exact) mass is 322 g/mol. The summed E-state index contributed by atoms with van der Waals surface area (Å²) in [5.74, 6) is 3.68. The van der Waals surface area contributed by atoms with Crippen LogP contribution >= 0.6 is 7.79 Å². The van der Waals surface area contributed by atoms with Crippen LogP contribution in [-0.2, 0) is 0 Å². The summed E-state index contributed by atoms with van der Waals surface area (Å²) in [4.78, 5) is 13.6. The van der Waals surface area contributed by atoms with Gasteiger partial charge in [-0.1, -0.05) is 32.6 Å². The van der Waals surface area contributed by atoms with Crippen LogP contribution in [0.2, 0.25) is 0 Å². The second-order valence-electron chi connectivity index (χ2n) is 8.38. The number of rotatable bonds is 2. The maximum atomic E-state index is 13.6. The Morgan fingerprint density at radius 2 is 1.59 bits per heavy atom. The average molecular weight is 322 g/mol. The summed E-state index contributed by atoms with van der Waals surface area (Å²) in [6, 6.07) is 1.01. The summed E-state index contributed by atoms with van der Waals surface area (Å²) >= 11 is 0. The molecule has 2 unspecified atom stereocenters. The molecule has 1 saturated heterocycles. The van der Waals surface area contributed by atoms with Gasteiger partial charge in [-0.25, -0.2) is 0 Å². The Hall–Kier alpha value is 0.0500. The highest BCUT2D eigenvalue weighted by Gasteiger charge is 2.61. The second kappa shape index (κ2) is 5.28. The van der Waals surface area contributed by atoms with Crippen molar-refractivity contribution in [3.8, 4) is 0 Å². The Balaban J connectivity index is 1.53. The molecule has 3 aliphatic carbocycles. The molecule has 3 saturated carbocycles. The fourth-order valence-corrected chi connectivity index (χ4v) is 8.48. The molecule has 0 aromatic rings. The van der Waals surface area contributed by atoms with E-state index in [0.717, 1.165) is 5.92 Å². The molecule has 1 aliphatic heterocycles. The van der Waals surface area contributed by atoms with Crippen LogP contribution in [0.1, 0.15) is 58.3 Å². The minimum atomic E-state index is -2.47. The van der Waals surface area contributed by atoms with Gasteiger partial charge in [0.15, 0.2) is 0 Å². The fraction of sp³-hybridized carbons (Fsp3) is 0.889. The third-order valence-electron chi connectivity index (χ3n) is 7.46. The van der Waals surface area contributed by atoms with Crippen LogP contribution in [0.5, 0.6) is 0 Å². The molecule has 4 rings (SSSR count). The van der Waals surface area contributed by atoms with Crippen molar-refractivity contribution < 1.29 is 4.89 Å². The lowest BCUT2D eigenvalue weighted by atomic mass is 9.90. The van der Waals surface area contributed by atoms with Crippen molar-refractivity contribution >= 4 is 7.79 Å². The van der Waals surface area contributed by atoms with Crippen LogP contribution in [-0.4, -0.2) is 35.5 Å². The Bertz CT molecular complexity index is 464. The van der Waals surface area contributed by atoms with E-state index in [1.54, 1.807) is 0 Å². The maximum absolute atomic E-state index is 13.6. The van der Waals surface area contributed by atoms with E-state index in [1.807, 2.05) is 0 Å². The predicted octanol–water partition coefficient (Wildman–Crippen LogP) is 3.64. The van der Waals surface area contributed by atoms with Gasteiger partial charge >= 0.3 is 0 Å². The summed E-state index contributed by atoms with van der Waals surface area (Å²) < 4.78 is 4.45. The number of allylic oxidation sites excluding steroid dienone is 1. The van der Waals surface area contributed by atoms with E-state index in [9.17, 15) is 4.89 Å². The van der Waals surface area contributed by atoms with E-state index in [0.29, 0.717) is 23.4 Å². The zero-order chi connectivity index (χ0) is 15.5.